The topological polar surface area (TPSA) is 0 Å². The van der Waals surface area contributed by atoms with E-state index < -0.39 is 0 Å². The molecule has 51 valence electrons. The summed E-state index contributed by atoms with van der Waals surface area (Å²) in [4.78, 5) is 0. The van der Waals surface area contributed by atoms with Crippen LogP contribution in [0.15, 0.2) is 0 Å². The molecule has 1 radical (unpaired) electrons. The summed E-state index contributed by atoms with van der Waals surface area (Å²) in [5.74, 6) is 0. The minimum atomic E-state index is 0. The molecule has 0 heterocycles. The summed E-state index contributed by atoms with van der Waals surface area (Å²) in [7, 11) is 0. The summed E-state index contributed by atoms with van der Waals surface area (Å²) < 4.78 is 0. The Morgan fingerprint density at radius 3 is 0.429 bits per heavy atom. The fourth-order valence-corrected chi connectivity index (χ4v) is 0. The van der Waals surface area contributed by atoms with Gasteiger partial charge in [0, 0.05) is 22.4 Å². The summed E-state index contributed by atoms with van der Waals surface area (Å²) in [5, 5.41) is 0. The van der Waals surface area contributed by atoms with Crippen LogP contribution in [0.2, 0.25) is 0 Å². The molecule has 0 N–H and O–H groups in total. The van der Waals surface area contributed by atoms with Gasteiger partial charge in [-0.2, -0.15) is 0 Å². The molecule has 7 heavy (non-hydrogen) atoms. The minimum absolute atomic E-state index is 0. The molecule has 0 aliphatic rings. The van der Waals surface area contributed by atoms with Crippen molar-refractivity contribution in [2.24, 2.45) is 0 Å². The molecule has 0 aromatic heterocycles. The van der Waals surface area contributed by atoms with Gasteiger partial charge in [-0.15, -0.1) is 62.0 Å². The van der Waals surface area contributed by atoms with E-state index in [0.717, 1.165) is 0 Å². The van der Waals surface area contributed by atoms with Gasteiger partial charge >= 0.3 is 0 Å². The zero-order valence-corrected chi connectivity index (χ0v) is 9.78. The van der Waals surface area contributed by atoms with Crippen LogP contribution >= 0.6 is 62.0 Å². The Balaban J connectivity index is 0. The van der Waals surface area contributed by atoms with Crippen LogP contribution in [0.5, 0.6) is 0 Å². The van der Waals surface area contributed by atoms with Gasteiger partial charge in [0.1, 0.15) is 0 Å². The van der Waals surface area contributed by atoms with Gasteiger partial charge in [0.15, 0.2) is 17.4 Å². The van der Waals surface area contributed by atoms with E-state index in [0.29, 0.717) is 0 Å². The molecule has 0 saturated heterocycles. The second-order valence-electron chi connectivity index (χ2n) is 0. The Morgan fingerprint density at radius 2 is 0.429 bits per heavy atom. The average Bonchev–Trinajstić information content (AvgIpc) is 0. The number of rotatable bonds is 0. The number of halogens is 5. The maximum absolute atomic E-state index is 0. The van der Waals surface area contributed by atoms with Crippen LogP contribution in [0.1, 0.15) is 0 Å². The Morgan fingerprint density at radius 1 is 0.429 bits per heavy atom. The van der Waals surface area contributed by atoms with Crippen LogP contribution in [0.25, 0.3) is 0 Å². The molecule has 0 aliphatic carbocycles. The van der Waals surface area contributed by atoms with Crippen molar-refractivity contribution in [1.82, 2.24) is 0 Å². The molecule has 0 atom stereocenters. The Kier molecular flexibility index (Phi) is 1000. The van der Waals surface area contributed by atoms with Crippen molar-refractivity contribution >= 4 is 79.4 Å². The fraction of sp³-hybridized carbons (Fsp3) is 0. The standard InChI is InChI=1S/Al.5ClH.Ta.3H/h;5*1H;;;;. The van der Waals surface area contributed by atoms with Gasteiger partial charge in [-0.25, -0.2) is 0 Å². The number of hydrogen-bond acceptors (Lipinski definition) is 0. The third kappa shape index (κ3) is 53.2. The first-order chi connectivity index (χ1) is 0. The number of hydrogen-bond donors (Lipinski definition) is 0. The fourth-order valence-electron chi connectivity index (χ4n) is 0. The average molecular weight is 393 g/mol. The van der Waals surface area contributed by atoms with Crippen molar-refractivity contribution in [3.63, 3.8) is 0 Å². The first-order valence-electron chi connectivity index (χ1n) is 0. The van der Waals surface area contributed by atoms with Gasteiger partial charge in [-0.05, 0) is 0 Å². The van der Waals surface area contributed by atoms with E-state index in [1.807, 2.05) is 0 Å². The van der Waals surface area contributed by atoms with Crippen LogP contribution in [0, 0.1) is 0 Å². The maximum Gasteiger partial charge on any atom is 0.187 e. The Labute approximate surface area is 101 Å². The molecular formula is H8AlCl5Ta. The van der Waals surface area contributed by atoms with E-state index in [-0.39, 0.29) is 102 Å². The molecule has 7 heteroatoms. The summed E-state index contributed by atoms with van der Waals surface area (Å²) in [6.07, 6.45) is 0. The summed E-state index contributed by atoms with van der Waals surface area (Å²) >= 11 is 0. The molecule has 0 aromatic rings. The third-order valence-electron chi connectivity index (χ3n) is 0. The largest absolute Gasteiger partial charge is 0.187 e. The van der Waals surface area contributed by atoms with E-state index >= 15 is 0 Å². The van der Waals surface area contributed by atoms with E-state index in [2.05, 4.69) is 0 Å². The van der Waals surface area contributed by atoms with Crippen molar-refractivity contribution in [3.8, 4) is 0 Å². The van der Waals surface area contributed by atoms with Crippen molar-refractivity contribution in [2.45, 2.75) is 0 Å². The van der Waals surface area contributed by atoms with E-state index in [1.54, 1.807) is 0 Å². The van der Waals surface area contributed by atoms with Gasteiger partial charge in [0.25, 0.3) is 0 Å². The molecular weight excluding hydrogens is 385 g/mol. The molecule has 0 spiro atoms. The Bertz CT molecular complexity index is 8.04. The second kappa shape index (κ2) is 70.2. The minimum Gasteiger partial charge on any atom is -0.147 e. The quantitative estimate of drug-likeness (QED) is 0.538. The zero-order chi connectivity index (χ0) is 0. The van der Waals surface area contributed by atoms with Crippen LogP contribution in [-0.4, -0.2) is 17.4 Å². The summed E-state index contributed by atoms with van der Waals surface area (Å²) in [6, 6.07) is 0. The molecule has 0 unspecified atom stereocenters. The second-order valence-corrected chi connectivity index (χ2v) is 0. The van der Waals surface area contributed by atoms with Gasteiger partial charge in [0.2, 0.25) is 0 Å². The monoisotopic (exact) mass is 391 g/mol. The van der Waals surface area contributed by atoms with Crippen molar-refractivity contribution < 1.29 is 22.4 Å². The third-order valence-corrected chi connectivity index (χ3v) is 0. The van der Waals surface area contributed by atoms with Crippen molar-refractivity contribution in [1.29, 1.82) is 0 Å². The van der Waals surface area contributed by atoms with Crippen LogP contribution in [0.3, 0.4) is 0 Å². The van der Waals surface area contributed by atoms with Crippen LogP contribution < -0.4 is 0 Å². The molecule has 0 amide bonds. The Hall–Kier alpha value is 2.72. The van der Waals surface area contributed by atoms with Crippen LogP contribution in [0.4, 0.5) is 0 Å². The van der Waals surface area contributed by atoms with E-state index in [4.69, 9.17) is 0 Å². The predicted octanol–water partition coefficient (Wildman–Crippen LogP) is 0.923. The van der Waals surface area contributed by atoms with Crippen molar-refractivity contribution in [3.05, 3.63) is 0 Å². The molecule has 0 aliphatic heterocycles. The summed E-state index contributed by atoms with van der Waals surface area (Å²) in [6.45, 7) is 0. The molecule has 0 fully saturated rings. The summed E-state index contributed by atoms with van der Waals surface area (Å²) in [5.41, 5.74) is 0. The van der Waals surface area contributed by atoms with Gasteiger partial charge in [-0.1, -0.05) is 0 Å². The zero-order valence-electron chi connectivity index (χ0n) is 2.49. The first-order valence-corrected chi connectivity index (χ1v) is 0. The van der Waals surface area contributed by atoms with Gasteiger partial charge < -0.3 is 0 Å². The predicted molar refractivity (Wildman–Crippen MR) is 46.2 cm³/mol. The molecule has 0 bridgehead atoms. The van der Waals surface area contributed by atoms with Gasteiger partial charge in [0.05, 0.1) is 0 Å². The smallest absolute Gasteiger partial charge is 0.147 e. The molecule has 0 aromatic carbocycles. The molecule has 0 rings (SSSR count). The van der Waals surface area contributed by atoms with Gasteiger partial charge in [-0.3, -0.25) is 0 Å². The van der Waals surface area contributed by atoms with Crippen molar-refractivity contribution in [2.75, 3.05) is 0 Å². The van der Waals surface area contributed by atoms with Crippen LogP contribution in [-0.2, 0) is 22.4 Å². The maximum atomic E-state index is 0. The normalized spacial score (nSPS) is 0. The molecule has 0 nitrogen and oxygen atoms in total. The SMILES string of the molecule is Cl.Cl.Cl.Cl.Cl.[AlH3].[Ta]. The van der Waals surface area contributed by atoms with E-state index in [9.17, 15) is 0 Å². The molecule has 0 saturated carbocycles. The first kappa shape index (κ1) is 99.8. The van der Waals surface area contributed by atoms with E-state index in [1.165, 1.54) is 0 Å².